The van der Waals surface area contributed by atoms with Crippen molar-refractivity contribution in [2.45, 2.75) is 37.1 Å². The first-order valence-electron chi connectivity index (χ1n) is 6.21. The molecule has 1 aromatic heterocycles. The van der Waals surface area contributed by atoms with Crippen molar-refractivity contribution in [3.63, 3.8) is 0 Å². The zero-order valence-electron chi connectivity index (χ0n) is 11.3. The molecule has 0 radical (unpaired) electrons. The minimum Gasteiger partial charge on any atom is -0.243 e. The van der Waals surface area contributed by atoms with Crippen LogP contribution in [0.4, 0.5) is 0 Å². The molecule has 0 saturated heterocycles. The van der Waals surface area contributed by atoms with Gasteiger partial charge in [-0.05, 0) is 35.3 Å². The van der Waals surface area contributed by atoms with Gasteiger partial charge in [-0.2, -0.15) is 4.72 Å². The van der Waals surface area contributed by atoms with Crippen LogP contribution in [0.3, 0.4) is 0 Å². The molecule has 0 unspecified atom stereocenters. The topological polar surface area (TPSA) is 85.1 Å². The van der Waals surface area contributed by atoms with E-state index in [0.717, 1.165) is 0 Å². The molecule has 1 aromatic carbocycles. The fraction of sp³-hybridized carbons (Fsp3) is 0.385. The van der Waals surface area contributed by atoms with Gasteiger partial charge in [-0.25, -0.2) is 13.0 Å². The molecule has 0 atom stereocenters. The molecule has 2 aromatic rings. The minimum absolute atomic E-state index is 0.0118. The molecule has 0 spiro atoms. The molecular weight excluding hydrogens is 278 g/mol. The number of aromatic nitrogens is 2. The van der Waals surface area contributed by atoms with Crippen LogP contribution in [0.5, 0.6) is 0 Å². The number of sulfonamides is 1. The summed E-state index contributed by atoms with van der Waals surface area (Å²) >= 11 is 0. The van der Waals surface area contributed by atoms with Crippen LogP contribution in [-0.2, 0) is 10.0 Å². The molecule has 0 amide bonds. The van der Waals surface area contributed by atoms with Crippen molar-refractivity contribution in [1.82, 2.24) is 15.0 Å². The highest BCUT2D eigenvalue weighted by Crippen LogP contribution is 2.23. The first kappa shape index (κ1) is 14.5. The number of rotatable bonds is 5. The van der Waals surface area contributed by atoms with E-state index >= 15 is 0 Å². The van der Waals surface area contributed by atoms with E-state index in [4.69, 9.17) is 6.42 Å². The molecule has 0 saturated carbocycles. The Bertz CT molecular complexity index is 755. The largest absolute Gasteiger partial charge is 0.244 e. The minimum atomic E-state index is -3.81. The summed E-state index contributed by atoms with van der Waals surface area (Å²) in [5.41, 5.74) is -0.330. The average Bonchev–Trinajstić information content (AvgIpc) is 2.93. The number of nitrogens with zero attached hydrogens (tertiary/aromatic N) is 2. The smallest absolute Gasteiger partial charge is 0.243 e. The summed E-state index contributed by atoms with van der Waals surface area (Å²) in [5, 5.41) is 7.27. The first-order valence-corrected chi connectivity index (χ1v) is 7.69. The number of nitrogens with one attached hydrogen (secondary N) is 1. The van der Waals surface area contributed by atoms with Gasteiger partial charge in [0, 0.05) is 0 Å². The van der Waals surface area contributed by atoms with Crippen LogP contribution in [-0.4, -0.2) is 24.3 Å². The number of hydrogen-bond donors (Lipinski definition) is 1. The number of benzene rings is 1. The lowest BCUT2D eigenvalue weighted by atomic mass is 9.96. The molecule has 2 rings (SSSR count). The van der Waals surface area contributed by atoms with Crippen molar-refractivity contribution < 1.29 is 13.0 Å². The normalized spacial score (nSPS) is 12.4. The lowest BCUT2D eigenvalue weighted by molar-refractivity contribution is 0.315. The van der Waals surface area contributed by atoms with E-state index in [1.165, 1.54) is 6.07 Å². The van der Waals surface area contributed by atoms with Gasteiger partial charge in [-0.3, -0.25) is 0 Å². The zero-order valence-corrected chi connectivity index (χ0v) is 12.1. The van der Waals surface area contributed by atoms with E-state index in [-0.39, 0.29) is 10.4 Å². The molecule has 0 aliphatic heterocycles. The van der Waals surface area contributed by atoms with Gasteiger partial charge in [0.1, 0.15) is 10.4 Å². The van der Waals surface area contributed by atoms with Crippen LogP contribution < -0.4 is 4.72 Å². The van der Waals surface area contributed by atoms with E-state index in [0.29, 0.717) is 18.4 Å². The highest BCUT2D eigenvalue weighted by Gasteiger charge is 2.31. The van der Waals surface area contributed by atoms with Crippen molar-refractivity contribution in [2.24, 2.45) is 0 Å². The highest BCUT2D eigenvalue weighted by molar-refractivity contribution is 7.89. The first-order chi connectivity index (χ1) is 9.48. The summed E-state index contributed by atoms with van der Waals surface area (Å²) in [6.07, 6.45) is 6.47. The standard InChI is InChI=1S/C13H15N3O3S/c1-4-13(5-2,6-3)16-20(17,18)11-9-7-8-10-12(11)15-19-14-10/h1,7-9,16H,5-6H2,2-3H3. The Balaban J connectivity index is 2.51. The average molecular weight is 293 g/mol. The highest BCUT2D eigenvalue weighted by atomic mass is 32.2. The Kier molecular flexibility index (Phi) is 3.79. The molecule has 20 heavy (non-hydrogen) atoms. The van der Waals surface area contributed by atoms with Crippen molar-refractivity contribution >= 4 is 21.1 Å². The van der Waals surface area contributed by atoms with Gasteiger partial charge in [-0.15, -0.1) is 6.42 Å². The fourth-order valence-corrected chi connectivity index (χ4v) is 3.56. The maximum atomic E-state index is 12.5. The molecule has 1 heterocycles. The van der Waals surface area contributed by atoms with Gasteiger partial charge in [0.25, 0.3) is 0 Å². The second-order valence-electron chi connectivity index (χ2n) is 4.43. The molecule has 0 bridgehead atoms. The van der Waals surface area contributed by atoms with Gasteiger partial charge < -0.3 is 0 Å². The van der Waals surface area contributed by atoms with Crippen molar-refractivity contribution in [2.75, 3.05) is 0 Å². The second-order valence-corrected chi connectivity index (χ2v) is 6.08. The van der Waals surface area contributed by atoms with Crippen LogP contribution in [0.15, 0.2) is 27.7 Å². The van der Waals surface area contributed by atoms with Crippen LogP contribution >= 0.6 is 0 Å². The van der Waals surface area contributed by atoms with Crippen molar-refractivity contribution in [3.8, 4) is 12.3 Å². The lowest BCUT2D eigenvalue weighted by Gasteiger charge is -2.26. The third kappa shape index (κ3) is 2.40. The molecule has 6 nitrogen and oxygen atoms in total. The molecule has 0 fully saturated rings. The second kappa shape index (κ2) is 5.23. The Labute approximate surface area is 117 Å². The van der Waals surface area contributed by atoms with Gasteiger partial charge in [0.05, 0.1) is 5.54 Å². The summed E-state index contributed by atoms with van der Waals surface area (Å²) in [7, 11) is -3.81. The summed E-state index contributed by atoms with van der Waals surface area (Å²) in [4.78, 5) is 0.0118. The predicted molar refractivity (Wildman–Crippen MR) is 74.3 cm³/mol. The molecule has 106 valence electrons. The van der Waals surface area contributed by atoms with E-state index in [1.54, 1.807) is 12.1 Å². The van der Waals surface area contributed by atoms with Crippen LogP contribution in [0.1, 0.15) is 26.7 Å². The molecular formula is C13H15N3O3S. The SMILES string of the molecule is C#CC(CC)(CC)NS(=O)(=O)c1cccc2nonc12. The maximum Gasteiger partial charge on any atom is 0.244 e. The van der Waals surface area contributed by atoms with E-state index in [2.05, 4.69) is 25.6 Å². The number of terminal acetylenes is 1. The summed E-state index contributed by atoms with van der Waals surface area (Å²) in [5.74, 6) is 2.53. The van der Waals surface area contributed by atoms with E-state index in [9.17, 15) is 8.42 Å². The summed E-state index contributed by atoms with van der Waals surface area (Å²) < 4.78 is 32.2. The third-order valence-corrected chi connectivity index (χ3v) is 4.92. The van der Waals surface area contributed by atoms with Gasteiger partial charge in [0.2, 0.25) is 10.0 Å². The van der Waals surface area contributed by atoms with Crippen LogP contribution in [0.25, 0.3) is 11.0 Å². The fourth-order valence-electron chi connectivity index (χ4n) is 1.94. The Morgan fingerprint density at radius 1 is 1.35 bits per heavy atom. The van der Waals surface area contributed by atoms with E-state index in [1.807, 2.05) is 13.8 Å². The molecule has 1 N–H and O–H groups in total. The number of fused-ring (bicyclic) bond motifs is 1. The van der Waals surface area contributed by atoms with Gasteiger partial charge in [0.15, 0.2) is 5.52 Å². The maximum absolute atomic E-state index is 12.5. The summed E-state index contributed by atoms with van der Waals surface area (Å²) in [6, 6.07) is 4.65. The Hall–Kier alpha value is -1.91. The quantitative estimate of drug-likeness (QED) is 0.848. The number of hydrogen-bond acceptors (Lipinski definition) is 5. The van der Waals surface area contributed by atoms with Crippen molar-refractivity contribution in [3.05, 3.63) is 18.2 Å². The zero-order chi connectivity index (χ0) is 14.8. The van der Waals surface area contributed by atoms with Crippen LogP contribution in [0, 0.1) is 12.3 Å². The lowest BCUT2D eigenvalue weighted by Crippen LogP contribution is -2.46. The third-order valence-electron chi connectivity index (χ3n) is 3.35. The monoisotopic (exact) mass is 293 g/mol. The molecule has 0 aliphatic carbocycles. The Morgan fingerprint density at radius 3 is 2.65 bits per heavy atom. The summed E-state index contributed by atoms with van der Waals surface area (Å²) in [6.45, 7) is 3.67. The van der Waals surface area contributed by atoms with Crippen molar-refractivity contribution in [1.29, 1.82) is 0 Å². The molecule has 0 aliphatic rings. The van der Waals surface area contributed by atoms with Gasteiger partial charge in [-0.1, -0.05) is 25.8 Å². The van der Waals surface area contributed by atoms with Crippen LogP contribution in [0.2, 0.25) is 0 Å². The van der Waals surface area contributed by atoms with Gasteiger partial charge >= 0.3 is 0 Å². The van der Waals surface area contributed by atoms with E-state index < -0.39 is 15.6 Å². The molecule has 7 heteroatoms. The predicted octanol–water partition coefficient (Wildman–Crippen LogP) is 1.69. The Morgan fingerprint density at radius 2 is 2.05 bits per heavy atom.